The van der Waals surface area contributed by atoms with E-state index in [1.807, 2.05) is 12.1 Å². The number of fused-ring (bicyclic) bond motifs is 3. The summed E-state index contributed by atoms with van der Waals surface area (Å²) >= 11 is 0. The summed E-state index contributed by atoms with van der Waals surface area (Å²) in [7, 11) is 5.04. The third-order valence-electron chi connectivity index (χ3n) is 7.20. The van der Waals surface area contributed by atoms with E-state index in [0.29, 0.717) is 23.4 Å². The van der Waals surface area contributed by atoms with Gasteiger partial charge in [-0.05, 0) is 42.8 Å². The number of amides is 2. The molecule has 5 rings (SSSR count). The lowest BCUT2D eigenvalue weighted by Gasteiger charge is -2.36. The highest BCUT2D eigenvalue weighted by Gasteiger charge is 2.32. The van der Waals surface area contributed by atoms with Crippen molar-refractivity contribution in [3.63, 3.8) is 0 Å². The van der Waals surface area contributed by atoms with E-state index in [1.165, 1.54) is 9.24 Å². The number of imide groups is 1. The van der Waals surface area contributed by atoms with Gasteiger partial charge in [-0.3, -0.25) is 14.2 Å². The maximum Gasteiger partial charge on any atom is 0.348 e. The van der Waals surface area contributed by atoms with Gasteiger partial charge in [0.25, 0.3) is 0 Å². The molecule has 3 aromatic rings. The van der Waals surface area contributed by atoms with Crippen LogP contribution in [0.3, 0.4) is 0 Å². The van der Waals surface area contributed by atoms with Crippen molar-refractivity contribution in [2.45, 2.75) is 38.4 Å². The van der Waals surface area contributed by atoms with Crippen LogP contribution in [0.25, 0.3) is 21.8 Å². The molecule has 2 amide bonds. The molecule has 2 fully saturated rings. The second-order valence-electron chi connectivity index (χ2n) is 9.11. The fourth-order valence-electron chi connectivity index (χ4n) is 5.41. The zero-order valence-electron chi connectivity index (χ0n) is 19.8. The van der Waals surface area contributed by atoms with Crippen LogP contribution in [-0.2, 0) is 26.1 Å². The number of methoxy groups -OCH3 is 2. The number of hydrogen-bond donors (Lipinski definition) is 0. The first-order chi connectivity index (χ1) is 16.4. The summed E-state index contributed by atoms with van der Waals surface area (Å²) in [6.07, 6.45) is 2.77. The highest BCUT2D eigenvalue weighted by Crippen LogP contribution is 2.32. The lowest BCUT2D eigenvalue weighted by Crippen LogP contribution is -2.52. The number of aromatic nitrogens is 2. The van der Waals surface area contributed by atoms with Crippen molar-refractivity contribution in [3.05, 3.63) is 40.8 Å². The summed E-state index contributed by atoms with van der Waals surface area (Å²) in [6.45, 7) is 1.76. The van der Waals surface area contributed by atoms with Gasteiger partial charge in [-0.15, -0.1) is 0 Å². The molecule has 0 N–H and O–H groups in total. The average molecular weight is 467 g/mol. The molecule has 1 aromatic heterocycles. The summed E-state index contributed by atoms with van der Waals surface area (Å²) < 4.78 is 13.7. The molecule has 0 unspecified atom stereocenters. The number of ether oxygens (including phenoxy) is 2. The van der Waals surface area contributed by atoms with Gasteiger partial charge >= 0.3 is 5.69 Å². The van der Waals surface area contributed by atoms with Gasteiger partial charge in [-0.1, -0.05) is 12.1 Å². The van der Waals surface area contributed by atoms with Gasteiger partial charge in [0.1, 0.15) is 0 Å². The zero-order chi connectivity index (χ0) is 24.0. The fourth-order valence-corrected chi connectivity index (χ4v) is 5.41. The highest BCUT2D eigenvalue weighted by atomic mass is 16.7. The van der Waals surface area contributed by atoms with Crippen LogP contribution in [0.1, 0.15) is 32.1 Å². The molecule has 9 heteroatoms. The number of anilines is 1. The van der Waals surface area contributed by atoms with Crippen LogP contribution < -0.4 is 15.6 Å². The molecule has 0 atom stereocenters. The number of piperidine rings is 2. The Bertz CT molecular complexity index is 1300. The Morgan fingerprint density at radius 1 is 0.941 bits per heavy atom. The molecule has 3 heterocycles. The third kappa shape index (κ3) is 3.59. The third-order valence-corrected chi connectivity index (χ3v) is 7.20. The van der Waals surface area contributed by atoms with Gasteiger partial charge in [-0.2, -0.15) is 9.69 Å². The number of nitrogens with zero attached hydrogens (tertiary/aromatic N) is 4. The highest BCUT2D eigenvalue weighted by molar-refractivity contribution is 6.12. The monoisotopic (exact) mass is 466 g/mol. The van der Waals surface area contributed by atoms with Gasteiger partial charge in [0, 0.05) is 64.2 Å². The Morgan fingerprint density at radius 2 is 1.59 bits per heavy atom. The van der Waals surface area contributed by atoms with Gasteiger partial charge in [-0.25, -0.2) is 4.79 Å². The van der Waals surface area contributed by atoms with Crippen LogP contribution in [0.5, 0.6) is 0 Å². The molecule has 9 nitrogen and oxygen atoms in total. The predicted octanol–water partition coefficient (Wildman–Crippen LogP) is 2.50. The number of benzene rings is 2. The Kier molecular flexibility index (Phi) is 5.91. The molecule has 180 valence electrons. The van der Waals surface area contributed by atoms with E-state index in [9.17, 15) is 14.4 Å². The largest absolute Gasteiger partial charge is 0.371 e. The van der Waals surface area contributed by atoms with E-state index in [1.54, 1.807) is 21.3 Å². The molecular weight excluding hydrogens is 436 g/mol. The fraction of sp³-hybridized carbons (Fsp3) is 0.480. The predicted molar refractivity (Wildman–Crippen MR) is 130 cm³/mol. The molecule has 0 radical (unpaired) electrons. The van der Waals surface area contributed by atoms with Gasteiger partial charge < -0.3 is 14.4 Å². The number of rotatable bonds is 5. The van der Waals surface area contributed by atoms with Crippen LogP contribution in [-0.4, -0.2) is 54.7 Å². The van der Waals surface area contributed by atoms with Crippen molar-refractivity contribution in [1.82, 2.24) is 9.24 Å². The van der Waals surface area contributed by atoms with Crippen LogP contribution in [0.2, 0.25) is 0 Å². The Morgan fingerprint density at radius 3 is 2.24 bits per heavy atom. The number of aryl methyl sites for hydroxylation is 1. The lowest BCUT2D eigenvalue weighted by atomic mass is 9.95. The minimum Gasteiger partial charge on any atom is -0.371 e. The maximum absolute atomic E-state index is 13.2. The number of carbonyl (C=O) groups excluding carboxylic acids is 2. The minimum absolute atomic E-state index is 0.187. The molecule has 0 spiro atoms. The van der Waals surface area contributed by atoms with Crippen LogP contribution in [0, 0.1) is 5.92 Å². The summed E-state index contributed by atoms with van der Waals surface area (Å²) in [4.78, 5) is 40.7. The topological polar surface area (TPSA) is 86.0 Å². The molecule has 0 saturated carbocycles. The first-order valence-electron chi connectivity index (χ1n) is 11.8. The van der Waals surface area contributed by atoms with Crippen molar-refractivity contribution in [1.29, 1.82) is 0 Å². The summed E-state index contributed by atoms with van der Waals surface area (Å²) in [5.74, 6) is -0.325. The zero-order valence-corrected chi connectivity index (χ0v) is 19.8. The van der Waals surface area contributed by atoms with E-state index in [2.05, 4.69) is 23.1 Å². The molecule has 0 aliphatic carbocycles. The second kappa shape index (κ2) is 8.88. The Labute approximate surface area is 197 Å². The summed E-state index contributed by atoms with van der Waals surface area (Å²) in [5.41, 5.74) is 1.95. The number of carbonyl (C=O) groups is 2. The number of imidazole rings is 1. The van der Waals surface area contributed by atoms with Crippen molar-refractivity contribution in [2.75, 3.05) is 37.2 Å². The Balaban J connectivity index is 1.55. The molecule has 2 saturated heterocycles. The van der Waals surface area contributed by atoms with Crippen molar-refractivity contribution in [2.24, 2.45) is 13.0 Å². The van der Waals surface area contributed by atoms with E-state index in [0.717, 1.165) is 47.4 Å². The van der Waals surface area contributed by atoms with Crippen LogP contribution >= 0.6 is 0 Å². The SMILES string of the molecule is COC(OC)C1CCN(c2ccc3ccc4c(c3c2)n(C)c(=O)n4N2C(=O)CCCC2=O)CC1. The molecule has 2 aromatic carbocycles. The molecule has 2 aliphatic rings. The molecule has 2 aliphatic heterocycles. The van der Waals surface area contributed by atoms with Crippen molar-refractivity contribution < 1.29 is 19.1 Å². The normalized spacial score (nSPS) is 18.1. The van der Waals surface area contributed by atoms with E-state index < -0.39 is 5.69 Å². The average Bonchev–Trinajstić information content (AvgIpc) is 3.10. The minimum atomic E-state index is -0.400. The quantitative estimate of drug-likeness (QED) is 0.424. The van der Waals surface area contributed by atoms with Gasteiger partial charge in [0.05, 0.1) is 11.0 Å². The van der Waals surface area contributed by atoms with E-state index >= 15 is 0 Å². The Hall–Kier alpha value is -3.17. The molecule has 34 heavy (non-hydrogen) atoms. The molecular formula is C25H30N4O5. The summed E-state index contributed by atoms with van der Waals surface area (Å²) in [6, 6.07) is 10.0. The van der Waals surface area contributed by atoms with Crippen LogP contribution in [0.4, 0.5) is 5.69 Å². The lowest BCUT2D eigenvalue weighted by molar-refractivity contribution is -0.141. The summed E-state index contributed by atoms with van der Waals surface area (Å²) in [5, 5.41) is 2.93. The van der Waals surface area contributed by atoms with Gasteiger partial charge in [0.15, 0.2) is 6.29 Å². The number of hydrogen-bond acceptors (Lipinski definition) is 6. The van der Waals surface area contributed by atoms with Crippen molar-refractivity contribution >= 4 is 39.3 Å². The van der Waals surface area contributed by atoms with Crippen molar-refractivity contribution in [3.8, 4) is 0 Å². The second-order valence-corrected chi connectivity index (χ2v) is 9.11. The first kappa shape index (κ1) is 22.6. The van der Waals surface area contributed by atoms with Crippen LogP contribution in [0.15, 0.2) is 35.1 Å². The van der Waals surface area contributed by atoms with E-state index in [4.69, 9.17) is 9.47 Å². The van der Waals surface area contributed by atoms with Gasteiger partial charge in [0.2, 0.25) is 11.8 Å². The smallest absolute Gasteiger partial charge is 0.348 e. The van der Waals surface area contributed by atoms with E-state index in [-0.39, 0.29) is 30.9 Å². The molecule has 0 bridgehead atoms. The standard InChI is InChI=1S/C25H30N4O5/c1-26-23-19-15-18(27-13-11-17(12-14-27)24(33-2)34-3)9-7-16(19)8-10-20(23)28(25(26)32)29-21(30)5-4-6-22(29)31/h7-10,15,17,24H,4-6,11-14H2,1-3H3. The first-order valence-corrected chi connectivity index (χ1v) is 11.8. The maximum atomic E-state index is 13.2.